The molecular weight excluding hydrogens is 257 g/mol. The first-order valence-electron chi connectivity index (χ1n) is 4.72. The number of nitrogens with one attached hydrogen (secondary N) is 1. The molecule has 0 saturated carbocycles. The molecule has 0 aromatic carbocycles. The number of carboxylic acids is 1. The summed E-state index contributed by atoms with van der Waals surface area (Å²) in [6.07, 6.45) is -3.18. The molecule has 0 aliphatic rings. The van der Waals surface area contributed by atoms with Gasteiger partial charge in [-0.3, -0.25) is 4.79 Å². The van der Waals surface area contributed by atoms with E-state index >= 15 is 0 Å². The van der Waals surface area contributed by atoms with E-state index in [4.69, 9.17) is 5.11 Å². The maximum absolute atomic E-state index is 12.3. The Hall–Kier alpha value is -1.15. The number of nitrogens with zero attached hydrogens (tertiary/aromatic N) is 1. The van der Waals surface area contributed by atoms with E-state index in [1.807, 2.05) is 0 Å². The summed E-state index contributed by atoms with van der Waals surface area (Å²) < 4.78 is 36.8. The number of hydrogen-bond acceptors (Lipinski definition) is 4. The molecule has 1 aromatic heterocycles. The lowest BCUT2D eigenvalue weighted by atomic mass is 10.1. The minimum Gasteiger partial charge on any atom is -0.481 e. The second-order valence-electron chi connectivity index (χ2n) is 3.41. The van der Waals surface area contributed by atoms with Crippen molar-refractivity contribution in [1.29, 1.82) is 0 Å². The minimum absolute atomic E-state index is 0.186. The predicted octanol–water partition coefficient (Wildman–Crippen LogP) is 1.80. The van der Waals surface area contributed by atoms with Crippen molar-refractivity contribution in [2.75, 3.05) is 6.54 Å². The highest BCUT2D eigenvalue weighted by Gasteiger charge is 2.44. The summed E-state index contributed by atoms with van der Waals surface area (Å²) in [6, 6.07) is 0. The Labute approximate surface area is 99.5 Å². The van der Waals surface area contributed by atoms with Crippen molar-refractivity contribution in [3.63, 3.8) is 0 Å². The summed E-state index contributed by atoms with van der Waals surface area (Å²) in [5.74, 6) is -4.25. The van der Waals surface area contributed by atoms with E-state index in [9.17, 15) is 18.0 Å². The summed E-state index contributed by atoms with van der Waals surface area (Å²) in [6.45, 7) is 1.32. The van der Waals surface area contributed by atoms with E-state index in [0.717, 1.165) is 9.88 Å². The maximum Gasteiger partial charge on any atom is 0.403 e. The fraction of sp³-hybridized carbons (Fsp3) is 0.556. The van der Waals surface area contributed by atoms with E-state index in [2.05, 4.69) is 10.3 Å². The number of hydrogen-bond donors (Lipinski definition) is 2. The molecule has 2 N–H and O–H groups in total. The van der Waals surface area contributed by atoms with Crippen molar-refractivity contribution in [3.8, 4) is 0 Å². The molecule has 0 amide bonds. The van der Waals surface area contributed by atoms with Gasteiger partial charge in [0.2, 0.25) is 0 Å². The molecule has 0 aliphatic heterocycles. The fourth-order valence-corrected chi connectivity index (χ4v) is 1.93. The molecule has 17 heavy (non-hydrogen) atoms. The van der Waals surface area contributed by atoms with Crippen molar-refractivity contribution < 1.29 is 23.1 Å². The first-order valence-corrected chi connectivity index (χ1v) is 5.54. The number of aliphatic carboxylic acids is 1. The smallest absolute Gasteiger partial charge is 0.403 e. The Bertz CT molecular complexity index is 392. The van der Waals surface area contributed by atoms with Crippen LogP contribution in [0.1, 0.15) is 9.88 Å². The molecule has 1 aromatic rings. The number of thiazole rings is 1. The molecule has 0 spiro atoms. The molecule has 1 unspecified atom stereocenters. The van der Waals surface area contributed by atoms with Crippen LogP contribution in [-0.4, -0.2) is 28.8 Å². The Kier molecular flexibility index (Phi) is 4.47. The second-order valence-corrected chi connectivity index (χ2v) is 4.73. The first kappa shape index (κ1) is 13.9. The van der Waals surface area contributed by atoms with E-state index in [-0.39, 0.29) is 6.54 Å². The van der Waals surface area contributed by atoms with E-state index in [1.54, 1.807) is 13.1 Å². The van der Waals surface area contributed by atoms with Gasteiger partial charge >= 0.3 is 12.1 Å². The molecule has 1 atom stereocenters. The molecule has 0 radical (unpaired) electrons. The van der Waals surface area contributed by atoms with Gasteiger partial charge in [-0.25, -0.2) is 4.98 Å². The Morgan fingerprint density at radius 3 is 2.71 bits per heavy atom. The highest BCUT2D eigenvalue weighted by atomic mass is 32.1. The van der Waals surface area contributed by atoms with Gasteiger partial charge < -0.3 is 10.4 Å². The van der Waals surface area contributed by atoms with Crippen LogP contribution >= 0.6 is 11.3 Å². The summed E-state index contributed by atoms with van der Waals surface area (Å²) in [4.78, 5) is 15.1. The highest BCUT2D eigenvalue weighted by Crippen LogP contribution is 2.26. The lowest BCUT2D eigenvalue weighted by Crippen LogP contribution is -2.38. The minimum atomic E-state index is -4.73. The number of carbonyl (C=O) groups is 1. The SMILES string of the molecule is Cc1ncc(CNCC(C(=O)O)C(F)(F)F)s1. The van der Waals surface area contributed by atoms with Gasteiger partial charge in [0.15, 0.2) is 5.92 Å². The third kappa shape index (κ3) is 4.31. The van der Waals surface area contributed by atoms with Crippen LogP contribution in [0.3, 0.4) is 0 Å². The van der Waals surface area contributed by atoms with Gasteiger partial charge in [0.1, 0.15) is 0 Å². The fourth-order valence-electron chi connectivity index (χ4n) is 1.17. The standard InChI is InChI=1S/C9H11F3N2O2S/c1-5-14-3-6(17-5)2-13-4-7(8(15)16)9(10,11)12/h3,7,13H,2,4H2,1H3,(H,15,16). The van der Waals surface area contributed by atoms with Crippen LogP contribution in [0.25, 0.3) is 0 Å². The van der Waals surface area contributed by atoms with Crippen molar-refractivity contribution in [3.05, 3.63) is 16.1 Å². The summed E-state index contributed by atoms with van der Waals surface area (Å²) in [5, 5.41) is 11.7. The van der Waals surface area contributed by atoms with Gasteiger partial charge in [-0.15, -0.1) is 11.3 Å². The lowest BCUT2D eigenvalue weighted by molar-refractivity contribution is -0.192. The highest BCUT2D eigenvalue weighted by molar-refractivity contribution is 7.11. The number of aryl methyl sites for hydroxylation is 1. The van der Waals surface area contributed by atoms with Gasteiger partial charge in [0.05, 0.1) is 5.01 Å². The maximum atomic E-state index is 12.3. The predicted molar refractivity (Wildman–Crippen MR) is 55.7 cm³/mol. The van der Waals surface area contributed by atoms with Crippen LogP contribution in [0.2, 0.25) is 0 Å². The Balaban J connectivity index is 2.46. The Morgan fingerprint density at radius 1 is 1.65 bits per heavy atom. The zero-order chi connectivity index (χ0) is 13.1. The van der Waals surface area contributed by atoms with E-state index in [0.29, 0.717) is 0 Å². The second kappa shape index (κ2) is 5.46. The molecule has 8 heteroatoms. The van der Waals surface area contributed by atoms with Crippen molar-refractivity contribution in [2.24, 2.45) is 5.92 Å². The molecule has 0 aliphatic carbocycles. The summed E-state index contributed by atoms with van der Waals surface area (Å²) in [5.41, 5.74) is 0. The van der Waals surface area contributed by atoms with E-state index in [1.165, 1.54) is 11.3 Å². The van der Waals surface area contributed by atoms with Gasteiger partial charge in [0, 0.05) is 24.2 Å². The van der Waals surface area contributed by atoms with Crippen LogP contribution in [0.15, 0.2) is 6.20 Å². The molecule has 4 nitrogen and oxygen atoms in total. The number of alkyl halides is 3. The molecule has 0 saturated heterocycles. The first-order chi connectivity index (χ1) is 7.80. The number of carboxylic acid groups (broad SMARTS) is 1. The summed E-state index contributed by atoms with van der Waals surface area (Å²) in [7, 11) is 0. The lowest BCUT2D eigenvalue weighted by Gasteiger charge is -2.16. The zero-order valence-corrected chi connectivity index (χ0v) is 9.73. The van der Waals surface area contributed by atoms with Crippen molar-refractivity contribution >= 4 is 17.3 Å². The van der Waals surface area contributed by atoms with Gasteiger partial charge in [-0.1, -0.05) is 0 Å². The van der Waals surface area contributed by atoms with Crippen LogP contribution < -0.4 is 5.32 Å². The molecule has 96 valence electrons. The number of rotatable bonds is 5. The van der Waals surface area contributed by atoms with Gasteiger partial charge in [-0.05, 0) is 6.92 Å². The van der Waals surface area contributed by atoms with Crippen LogP contribution in [0, 0.1) is 12.8 Å². The monoisotopic (exact) mass is 268 g/mol. The van der Waals surface area contributed by atoms with Gasteiger partial charge in [0.25, 0.3) is 0 Å². The van der Waals surface area contributed by atoms with Crippen LogP contribution in [0.4, 0.5) is 13.2 Å². The molecule has 1 rings (SSSR count). The molecule has 0 fully saturated rings. The number of aromatic nitrogens is 1. The quantitative estimate of drug-likeness (QED) is 0.855. The molecule has 0 bridgehead atoms. The van der Waals surface area contributed by atoms with Gasteiger partial charge in [-0.2, -0.15) is 13.2 Å². The van der Waals surface area contributed by atoms with Crippen LogP contribution in [-0.2, 0) is 11.3 Å². The largest absolute Gasteiger partial charge is 0.481 e. The molecule has 1 heterocycles. The van der Waals surface area contributed by atoms with Crippen LogP contribution in [0.5, 0.6) is 0 Å². The van der Waals surface area contributed by atoms with Crippen molar-refractivity contribution in [2.45, 2.75) is 19.6 Å². The third-order valence-electron chi connectivity index (χ3n) is 2.01. The number of halogens is 3. The third-order valence-corrected chi connectivity index (χ3v) is 2.92. The van der Waals surface area contributed by atoms with E-state index < -0.39 is 24.6 Å². The average molecular weight is 268 g/mol. The topological polar surface area (TPSA) is 62.2 Å². The normalized spacial score (nSPS) is 13.6. The average Bonchev–Trinajstić information content (AvgIpc) is 2.56. The molecular formula is C9H11F3N2O2S. The zero-order valence-electron chi connectivity index (χ0n) is 8.91. The summed E-state index contributed by atoms with van der Waals surface area (Å²) >= 11 is 1.35. The van der Waals surface area contributed by atoms with Crippen molar-refractivity contribution in [1.82, 2.24) is 10.3 Å². The Morgan fingerprint density at radius 2 is 2.29 bits per heavy atom.